The molecule has 0 bridgehead atoms. The minimum absolute atomic E-state index is 0.103. The summed E-state index contributed by atoms with van der Waals surface area (Å²) < 4.78 is 0. The van der Waals surface area contributed by atoms with E-state index < -0.39 is 11.8 Å². The lowest BCUT2D eigenvalue weighted by molar-refractivity contribution is -0.156. The largest absolute Gasteiger partial charge is 0.333 e. The Kier molecular flexibility index (Phi) is 2.94. The van der Waals surface area contributed by atoms with Gasteiger partial charge in [-0.3, -0.25) is 14.4 Å². The van der Waals surface area contributed by atoms with Gasteiger partial charge in [-0.1, -0.05) is 0 Å². The second-order valence-electron chi connectivity index (χ2n) is 4.35. The van der Waals surface area contributed by atoms with Crippen LogP contribution in [-0.4, -0.2) is 53.6 Å². The zero-order valence-electron chi connectivity index (χ0n) is 9.44. The van der Waals surface area contributed by atoms with Gasteiger partial charge in [0, 0.05) is 25.6 Å². The third kappa shape index (κ3) is 2.08. The van der Waals surface area contributed by atoms with Crippen molar-refractivity contribution in [3.05, 3.63) is 0 Å². The molecule has 2 fully saturated rings. The number of nitrogens with zero attached hydrogens (tertiary/aromatic N) is 2. The van der Waals surface area contributed by atoms with Crippen molar-refractivity contribution >= 4 is 17.6 Å². The standard InChI is InChI=1S/C11H16N2O3/c1-2-12-5-6-13(11(16)10(12)15)7-9(14)8-3-4-8/h8H,2-7H2,1H3. The normalized spacial score (nSPS) is 21.6. The molecule has 16 heavy (non-hydrogen) atoms. The molecule has 1 heterocycles. The maximum absolute atomic E-state index is 11.7. The average molecular weight is 224 g/mol. The third-order valence-corrected chi connectivity index (χ3v) is 3.16. The number of hydrogen-bond donors (Lipinski definition) is 0. The van der Waals surface area contributed by atoms with Gasteiger partial charge in [0.25, 0.3) is 0 Å². The Morgan fingerprint density at radius 3 is 2.31 bits per heavy atom. The molecule has 2 aliphatic rings. The zero-order chi connectivity index (χ0) is 11.7. The molecule has 0 atom stereocenters. The Morgan fingerprint density at radius 2 is 1.75 bits per heavy atom. The minimum Gasteiger partial charge on any atom is -0.333 e. The molecule has 5 nitrogen and oxygen atoms in total. The van der Waals surface area contributed by atoms with Crippen LogP contribution in [-0.2, 0) is 14.4 Å². The minimum atomic E-state index is -0.526. The molecule has 0 aromatic rings. The van der Waals surface area contributed by atoms with Crippen molar-refractivity contribution in [2.45, 2.75) is 19.8 Å². The quantitative estimate of drug-likeness (QED) is 0.614. The Labute approximate surface area is 94.4 Å². The van der Waals surface area contributed by atoms with E-state index in [9.17, 15) is 14.4 Å². The number of carbonyl (C=O) groups is 3. The number of carbonyl (C=O) groups excluding carboxylic acids is 3. The summed E-state index contributed by atoms with van der Waals surface area (Å²) in [5.74, 6) is -0.752. The Bertz CT molecular complexity index is 336. The predicted molar refractivity (Wildman–Crippen MR) is 56.6 cm³/mol. The van der Waals surface area contributed by atoms with Crippen LogP contribution >= 0.6 is 0 Å². The van der Waals surface area contributed by atoms with Crippen LogP contribution in [0.5, 0.6) is 0 Å². The molecular weight excluding hydrogens is 208 g/mol. The van der Waals surface area contributed by atoms with Crippen molar-refractivity contribution in [1.29, 1.82) is 0 Å². The van der Waals surface area contributed by atoms with Gasteiger partial charge in [-0.2, -0.15) is 0 Å². The van der Waals surface area contributed by atoms with Crippen molar-refractivity contribution in [3.63, 3.8) is 0 Å². The summed E-state index contributed by atoms with van der Waals surface area (Å²) in [5, 5.41) is 0. The maximum atomic E-state index is 11.7. The van der Waals surface area contributed by atoms with Crippen LogP contribution in [0.2, 0.25) is 0 Å². The van der Waals surface area contributed by atoms with Gasteiger partial charge in [-0.05, 0) is 19.8 Å². The van der Waals surface area contributed by atoms with E-state index in [1.165, 1.54) is 9.80 Å². The highest BCUT2D eigenvalue weighted by atomic mass is 16.2. The molecule has 1 saturated heterocycles. The molecule has 2 amide bonds. The number of hydrogen-bond acceptors (Lipinski definition) is 3. The van der Waals surface area contributed by atoms with E-state index in [0.29, 0.717) is 19.6 Å². The Morgan fingerprint density at radius 1 is 1.19 bits per heavy atom. The van der Waals surface area contributed by atoms with Crippen LogP contribution in [0.4, 0.5) is 0 Å². The van der Waals surface area contributed by atoms with E-state index in [1.54, 1.807) is 0 Å². The first-order valence-corrected chi connectivity index (χ1v) is 5.74. The predicted octanol–water partition coefficient (Wildman–Crippen LogP) is -0.344. The third-order valence-electron chi connectivity index (χ3n) is 3.16. The molecule has 0 radical (unpaired) electrons. The molecular formula is C11H16N2O3. The highest BCUT2D eigenvalue weighted by molar-refractivity contribution is 6.35. The number of likely N-dealkylation sites (N-methyl/N-ethyl adjacent to an activating group) is 1. The molecule has 0 aromatic heterocycles. The Hall–Kier alpha value is -1.39. The molecule has 0 spiro atoms. The van der Waals surface area contributed by atoms with E-state index in [0.717, 1.165) is 12.8 Å². The zero-order valence-corrected chi connectivity index (χ0v) is 9.44. The summed E-state index contributed by atoms with van der Waals surface area (Å²) in [6, 6.07) is 0. The van der Waals surface area contributed by atoms with Gasteiger partial charge in [0.1, 0.15) is 0 Å². The molecule has 1 aliphatic carbocycles. The lowest BCUT2D eigenvalue weighted by Gasteiger charge is -2.32. The lowest BCUT2D eigenvalue weighted by Crippen LogP contribution is -2.55. The summed E-state index contributed by atoms with van der Waals surface area (Å²) >= 11 is 0. The Balaban J connectivity index is 1.94. The first-order chi connectivity index (χ1) is 7.63. The summed E-state index contributed by atoms with van der Waals surface area (Å²) in [6.07, 6.45) is 1.88. The van der Waals surface area contributed by atoms with Crippen molar-refractivity contribution in [1.82, 2.24) is 9.80 Å². The van der Waals surface area contributed by atoms with Crippen LogP contribution in [0.1, 0.15) is 19.8 Å². The summed E-state index contributed by atoms with van der Waals surface area (Å²) in [5.41, 5.74) is 0. The number of amides is 2. The van der Waals surface area contributed by atoms with Gasteiger partial charge in [-0.25, -0.2) is 0 Å². The van der Waals surface area contributed by atoms with Gasteiger partial charge in [0.2, 0.25) is 0 Å². The molecule has 5 heteroatoms. The molecule has 0 aromatic carbocycles. The second kappa shape index (κ2) is 4.23. The topological polar surface area (TPSA) is 57.7 Å². The highest BCUT2D eigenvalue weighted by Gasteiger charge is 2.36. The highest BCUT2D eigenvalue weighted by Crippen LogP contribution is 2.30. The smallest absolute Gasteiger partial charge is 0.312 e. The molecule has 0 unspecified atom stereocenters. The number of ketones is 1. The lowest BCUT2D eigenvalue weighted by atomic mass is 10.2. The van der Waals surface area contributed by atoms with Crippen molar-refractivity contribution in [3.8, 4) is 0 Å². The molecule has 1 aliphatic heterocycles. The van der Waals surface area contributed by atoms with Crippen molar-refractivity contribution < 1.29 is 14.4 Å². The molecule has 1 saturated carbocycles. The first kappa shape index (κ1) is 11.1. The van der Waals surface area contributed by atoms with Crippen molar-refractivity contribution in [2.24, 2.45) is 5.92 Å². The van der Waals surface area contributed by atoms with E-state index in [4.69, 9.17) is 0 Å². The van der Waals surface area contributed by atoms with Crippen LogP contribution < -0.4 is 0 Å². The van der Waals surface area contributed by atoms with Crippen molar-refractivity contribution in [2.75, 3.05) is 26.2 Å². The van der Waals surface area contributed by atoms with Gasteiger partial charge in [-0.15, -0.1) is 0 Å². The monoisotopic (exact) mass is 224 g/mol. The summed E-state index contributed by atoms with van der Waals surface area (Å²) in [6.45, 7) is 3.54. The van der Waals surface area contributed by atoms with E-state index in [-0.39, 0.29) is 18.2 Å². The number of Topliss-reactive ketones (excluding diaryl/α,β-unsaturated/α-hetero) is 1. The average Bonchev–Trinajstić information content (AvgIpc) is 3.09. The molecule has 2 rings (SSSR count). The van der Waals surface area contributed by atoms with Crippen LogP contribution in [0, 0.1) is 5.92 Å². The SMILES string of the molecule is CCN1CCN(CC(=O)C2CC2)C(=O)C1=O. The maximum Gasteiger partial charge on any atom is 0.312 e. The molecule has 88 valence electrons. The first-order valence-electron chi connectivity index (χ1n) is 5.74. The fraction of sp³-hybridized carbons (Fsp3) is 0.727. The van der Waals surface area contributed by atoms with Gasteiger partial charge in [0.15, 0.2) is 5.78 Å². The number of piperazine rings is 1. The van der Waals surface area contributed by atoms with Crippen LogP contribution in [0.3, 0.4) is 0 Å². The second-order valence-corrected chi connectivity index (χ2v) is 4.35. The fourth-order valence-electron chi connectivity index (χ4n) is 1.89. The van der Waals surface area contributed by atoms with E-state index >= 15 is 0 Å². The number of rotatable bonds is 4. The van der Waals surface area contributed by atoms with Gasteiger partial charge >= 0.3 is 11.8 Å². The fourth-order valence-corrected chi connectivity index (χ4v) is 1.89. The van der Waals surface area contributed by atoms with Crippen LogP contribution in [0.15, 0.2) is 0 Å². The van der Waals surface area contributed by atoms with E-state index in [1.807, 2.05) is 6.92 Å². The van der Waals surface area contributed by atoms with Crippen LogP contribution in [0.25, 0.3) is 0 Å². The summed E-state index contributed by atoms with van der Waals surface area (Å²) in [4.78, 5) is 37.7. The van der Waals surface area contributed by atoms with Gasteiger partial charge < -0.3 is 9.80 Å². The molecule has 0 N–H and O–H groups in total. The van der Waals surface area contributed by atoms with Gasteiger partial charge in [0.05, 0.1) is 6.54 Å². The summed E-state index contributed by atoms with van der Waals surface area (Å²) in [7, 11) is 0. The van der Waals surface area contributed by atoms with E-state index in [2.05, 4.69) is 0 Å².